The molecule has 0 bridgehead atoms. The van der Waals surface area contributed by atoms with Gasteiger partial charge in [-0.3, -0.25) is 19.9 Å². The zero-order valence-electron chi connectivity index (χ0n) is 15.6. The first-order valence-corrected chi connectivity index (χ1v) is 9.99. The molecule has 0 radical (unpaired) electrons. The highest BCUT2D eigenvalue weighted by molar-refractivity contribution is 7.16. The second kappa shape index (κ2) is 8.30. The van der Waals surface area contributed by atoms with Gasteiger partial charge >= 0.3 is 6.03 Å². The minimum atomic E-state index is -1.18. The topological polar surface area (TPSA) is 81.8 Å². The van der Waals surface area contributed by atoms with E-state index in [9.17, 15) is 14.4 Å². The van der Waals surface area contributed by atoms with Crippen molar-refractivity contribution in [3.05, 3.63) is 57.2 Å². The number of hydrogen-bond acceptors (Lipinski definition) is 5. The van der Waals surface area contributed by atoms with Crippen molar-refractivity contribution in [2.75, 3.05) is 13.6 Å². The molecule has 2 aromatic rings. The molecule has 4 amide bonds. The van der Waals surface area contributed by atoms with E-state index in [1.165, 1.54) is 11.3 Å². The van der Waals surface area contributed by atoms with Crippen LogP contribution in [-0.2, 0) is 21.7 Å². The fraction of sp³-hybridized carbons (Fsp3) is 0.316. The highest BCUT2D eigenvalue weighted by Crippen LogP contribution is 2.31. The minimum absolute atomic E-state index is 0.0248. The summed E-state index contributed by atoms with van der Waals surface area (Å²) in [7, 11) is 1.78. The molecule has 2 N–H and O–H groups in total. The molecule has 1 aliphatic rings. The Hall–Kier alpha value is -2.42. The second-order valence-electron chi connectivity index (χ2n) is 6.61. The van der Waals surface area contributed by atoms with Crippen LogP contribution in [0.5, 0.6) is 0 Å². The first-order chi connectivity index (χ1) is 13.4. The van der Waals surface area contributed by atoms with Crippen LogP contribution < -0.4 is 10.7 Å². The Morgan fingerprint density at radius 1 is 1.25 bits per heavy atom. The number of thiophene rings is 1. The molecule has 1 aliphatic heterocycles. The Kier molecular flexibility index (Phi) is 6.02. The van der Waals surface area contributed by atoms with E-state index in [-0.39, 0.29) is 6.54 Å². The largest absolute Gasteiger partial charge is 0.344 e. The monoisotopic (exact) mass is 420 g/mol. The highest BCUT2D eigenvalue weighted by Gasteiger charge is 2.52. The first-order valence-electron chi connectivity index (χ1n) is 8.80. The van der Waals surface area contributed by atoms with Crippen molar-refractivity contribution < 1.29 is 14.4 Å². The van der Waals surface area contributed by atoms with Gasteiger partial charge in [0.15, 0.2) is 0 Å². The average molecular weight is 421 g/mol. The number of amides is 4. The van der Waals surface area contributed by atoms with E-state index in [4.69, 9.17) is 11.6 Å². The molecule has 1 aromatic heterocycles. The maximum absolute atomic E-state index is 13.0. The lowest BCUT2D eigenvalue weighted by Gasteiger charge is -2.25. The van der Waals surface area contributed by atoms with Gasteiger partial charge in [-0.05, 0) is 31.2 Å². The summed E-state index contributed by atoms with van der Waals surface area (Å²) in [6.07, 6.45) is 0.368. The van der Waals surface area contributed by atoms with Gasteiger partial charge in [-0.25, -0.2) is 4.79 Å². The van der Waals surface area contributed by atoms with Crippen LogP contribution in [0.3, 0.4) is 0 Å². The average Bonchev–Trinajstić information content (AvgIpc) is 3.18. The lowest BCUT2D eigenvalue weighted by atomic mass is 9.87. The molecule has 1 saturated heterocycles. The van der Waals surface area contributed by atoms with Gasteiger partial charge in [0.2, 0.25) is 0 Å². The van der Waals surface area contributed by atoms with Gasteiger partial charge in [-0.2, -0.15) is 5.01 Å². The van der Waals surface area contributed by atoms with Crippen LogP contribution in [0.1, 0.15) is 23.8 Å². The smallest absolute Gasteiger partial charge is 0.318 e. The van der Waals surface area contributed by atoms with Crippen LogP contribution >= 0.6 is 22.9 Å². The third-order valence-corrected chi connectivity index (χ3v) is 5.81. The van der Waals surface area contributed by atoms with Crippen LogP contribution in [0.25, 0.3) is 0 Å². The van der Waals surface area contributed by atoms with Crippen LogP contribution in [0.4, 0.5) is 4.79 Å². The molecule has 0 aliphatic carbocycles. The van der Waals surface area contributed by atoms with E-state index in [2.05, 4.69) is 10.7 Å². The number of nitrogens with one attached hydrogen (secondary N) is 2. The molecule has 0 spiro atoms. The summed E-state index contributed by atoms with van der Waals surface area (Å²) in [5.74, 6) is -0.944. The summed E-state index contributed by atoms with van der Waals surface area (Å²) in [6, 6.07) is 12.1. The van der Waals surface area contributed by atoms with E-state index in [0.717, 1.165) is 9.89 Å². The third-order valence-electron chi connectivity index (χ3n) is 4.59. The number of likely N-dealkylation sites (N-methyl/N-ethyl adjacent to an activating group) is 1. The Balaban J connectivity index is 1.66. The summed E-state index contributed by atoms with van der Waals surface area (Å²) < 4.78 is 0.684. The number of nitrogens with zero attached hydrogens (tertiary/aromatic N) is 2. The van der Waals surface area contributed by atoms with Gasteiger partial charge < -0.3 is 5.32 Å². The zero-order valence-corrected chi connectivity index (χ0v) is 17.1. The number of benzene rings is 1. The lowest BCUT2D eigenvalue weighted by Crippen LogP contribution is -2.50. The second-order valence-corrected chi connectivity index (χ2v) is 8.41. The molecular weight excluding hydrogens is 400 g/mol. The Labute approximate surface area is 172 Å². The summed E-state index contributed by atoms with van der Waals surface area (Å²) in [4.78, 5) is 40.6. The molecule has 1 aromatic carbocycles. The fourth-order valence-corrected chi connectivity index (χ4v) is 4.37. The molecule has 148 valence electrons. The van der Waals surface area contributed by atoms with Crippen molar-refractivity contribution >= 4 is 40.8 Å². The predicted octanol–water partition coefficient (Wildman–Crippen LogP) is 2.72. The Morgan fingerprint density at radius 2 is 1.96 bits per heavy atom. The van der Waals surface area contributed by atoms with Crippen molar-refractivity contribution in [1.82, 2.24) is 20.7 Å². The van der Waals surface area contributed by atoms with Gasteiger partial charge in [0.1, 0.15) is 5.54 Å². The molecule has 0 unspecified atom stereocenters. The van der Waals surface area contributed by atoms with Crippen molar-refractivity contribution in [2.24, 2.45) is 0 Å². The number of urea groups is 1. The van der Waals surface area contributed by atoms with Gasteiger partial charge in [0, 0.05) is 11.4 Å². The molecule has 3 rings (SSSR count). The Bertz CT molecular complexity index is 888. The van der Waals surface area contributed by atoms with Crippen LogP contribution in [-0.4, -0.2) is 41.3 Å². The molecular formula is C19H21ClN4O3S. The summed E-state index contributed by atoms with van der Waals surface area (Å²) in [6.45, 7) is 2.38. The Morgan fingerprint density at radius 3 is 2.57 bits per heavy atom. The summed E-state index contributed by atoms with van der Waals surface area (Å²) in [5.41, 5.74) is 1.93. The number of imide groups is 1. The van der Waals surface area contributed by atoms with Crippen molar-refractivity contribution in [1.29, 1.82) is 0 Å². The molecule has 1 atom stereocenters. The lowest BCUT2D eigenvalue weighted by molar-refractivity contribution is -0.139. The van der Waals surface area contributed by atoms with Crippen LogP contribution in [0, 0.1) is 0 Å². The number of rotatable bonds is 7. The zero-order chi connectivity index (χ0) is 20.3. The maximum Gasteiger partial charge on any atom is 0.344 e. The van der Waals surface area contributed by atoms with Gasteiger partial charge in [-0.15, -0.1) is 11.3 Å². The quantitative estimate of drug-likeness (QED) is 0.675. The van der Waals surface area contributed by atoms with Crippen molar-refractivity contribution in [2.45, 2.75) is 25.4 Å². The molecule has 1 fully saturated rings. The number of hydrogen-bond donors (Lipinski definition) is 2. The number of hydrazine groups is 1. The standard InChI is InChI=1S/C19H21ClN4O3S/c1-3-19(13-7-5-4-6-8-13)17(26)24(18(27)21-19)22-16(25)12-23(2)11-14-9-10-15(20)28-14/h4-10H,3,11-12H2,1-2H3,(H,21,27)(H,22,25)/t19-/m0/s1. The number of halogens is 1. The van der Waals surface area contributed by atoms with E-state index in [1.54, 1.807) is 42.3 Å². The van der Waals surface area contributed by atoms with Crippen molar-refractivity contribution in [3.8, 4) is 0 Å². The van der Waals surface area contributed by atoms with E-state index < -0.39 is 23.4 Å². The van der Waals surface area contributed by atoms with Gasteiger partial charge in [-0.1, -0.05) is 48.9 Å². The van der Waals surface area contributed by atoms with Crippen molar-refractivity contribution in [3.63, 3.8) is 0 Å². The molecule has 7 nitrogen and oxygen atoms in total. The van der Waals surface area contributed by atoms with Crippen LogP contribution in [0.15, 0.2) is 42.5 Å². The molecule has 9 heteroatoms. The predicted molar refractivity (Wildman–Crippen MR) is 108 cm³/mol. The molecule has 0 saturated carbocycles. The van der Waals surface area contributed by atoms with E-state index in [1.807, 2.05) is 19.1 Å². The minimum Gasteiger partial charge on any atom is -0.318 e. The summed E-state index contributed by atoms with van der Waals surface area (Å²) in [5, 5.41) is 3.50. The fourth-order valence-electron chi connectivity index (χ4n) is 3.20. The highest BCUT2D eigenvalue weighted by atomic mass is 35.5. The number of carbonyl (C=O) groups is 3. The maximum atomic E-state index is 13.0. The molecule has 28 heavy (non-hydrogen) atoms. The van der Waals surface area contributed by atoms with Gasteiger partial charge in [0.05, 0.1) is 10.9 Å². The molecule has 2 heterocycles. The van der Waals surface area contributed by atoms with E-state index >= 15 is 0 Å². The third kappa shape index (κ3) is 4.04. The van der Waals surface area contributed by atoms with Gasteiger partial charge in [0.25, 0.3) is 11.8 Å². The number of carbonyl (C=O) groups excluding carboxylic acids is 3. The first kappa shape index (κ1) is 20.3. The van der Waals surface area contributed by atoms with Crippen LogP contribution in [0.2, 0.25) is 4.34 Å². The SMILES string of the molecule is CC[C@@]1(c2ccccc2)NC(=O)N(NC(=O)CN(C)Cc2ccc(Cl)s2)C1=O. The van der Waals surface area contributed by atoms with E-state index in [0.29, 0.717) is 22.9 Å². The normalized spacial score (nSPS) is 19.2. The summed E-state index contributed by atoms with van der Waals surface area (Å²) >= 11 is 7.36.